The van der Waals surface area contributed by atoms with Crippen LogP contribution in [0.5, 0.6) is 0 Å². The van der Waals surface area contributed by atoms with E-state index in [0.29, 0.717) is 17.3 Å². The molecule has 0 aromatic carbocycles. The fraction of sp³-hybridized carbons (Fsp3) is 0.500. The van der Waals surface area contributed by atoms with Crippen LogP contribution in [0.4, 0.5) is 5.82 Å². The van der Waals surface area contributed by atoms with Crippen molar-refractivity contribution in [2.45, 2.75) is 25.5 Å². The Bertz CT molecular complexity index is 336. The largest absolute Gasteiger partial charge is 0.392 e. The maximum atomic E-state index is 9.02. The summed E-state index contributed by atoms with van der Waals surface area (Å²) in [4.78, 5) is 4.02. The van der Waals surface area contributed by atoms with Crippen molar-refractivity contribution in [3.63, 3.8) is 0 Å². The van der Waals surface area contributed by atoms with Gasteiger partial charge in [0, 0.05) is 17.8 Å². The summed E-state index contributed by atoms with van der Waals surface area (Å²) in [5, 5.41) is 9.02. The minimum absolute atomic E-state index is 0.0494. The molecule has 0 amide bonds. The Morgan fingerprint density at radius 3 is 2.86 bits per heavy atom. The predicted octanol–water partition coefficient (Wildman–Crippen LogP) is 0.566. The van der Waals surface area contributed by atoms with Gasteiger partial charge in [-0.25, -0.2) is 4.98 Å². The first-order valence-corrected chi connectivity index (χ1v) is 4.83. The number of aromatic nitrogens is 1. The van der Waals surface area contributed by atoms with Gasteiger partial charge in [0.2, 0.25) is 0 Å². The molecule has 14 heavy (non-hydrogen) atoms. The highest BCUT2D eigenvalue weighted by atomic mass is 16.3. The van der Waals surface area contributed by atoms with Crippen molar-refractivity contribution in [3.05, 3.63) is 23.4 Å². The van der Waals surface area contributed by atoms with Gasteiger partial charge in [0.25, 0.3) is 0 Å². The maximum Gasteiger partial charge on any atom is 0.128 e. The van der Waals surface area contributed by atoms with Crippen LogP contribution < -0.4 is 11.5 Å². The number of rotatable bonds is 3. The van der Waals surface area contributed by atoms with Crippen LogP contribution in [-0.4, -0.2) is 10.1 Å². The molecular weight excluding hydrogens is 178 g/mol. The molecule has 4 heteroatoms. The van der Waals surface area contributed by atoms with Crippen molar-refractivity contribution in [3.8, 4) is 0 Å². The molecule has 1 aromatic rings. The number of aliphatic hydroxyl groups excluding tert-OH is 1. The van der Waals surface area contributed by atoms with Crippen LogP contribution in [0, 0.1) is 5.92 Å². The lowest BCUT2D eigenvalue weighted by Gasteiger charge is -2.12. The van der Waals surface area contributed by atoms with E-state index in [1.54, 1.807) is 6.20 Å². The summed E-state index contributed by atoms with van der Waals surface area (Å²) in [5.41, 5.74) is 13.2. The van der Waals surface area contributed by atoms with Crippen LogP contribution in [-0.2, 0) is 6.61 Å². The van der Waals surface area contributed by atoms with Crippen molar-refractivity contribution in [2.75, 3.05) is 5.73 Å². The molecule has 76 valence electrons. The topological polar surface area (TPSA) is 85.2 Å². The third-order valence-corrected chi connectivity index (χ3v) is 2.71. The molecular formula is C10H15N3O. The van der Waals surface area contributed by atoms with Crippen molar-refractivity contribution in [1.82, 2.24) is 4.98 Å². The van der Waals surface area contributed by atoms with Crippen molar-refractivity contribution in [1.29, 1.82) is 0 Å². The number of aliphatic hydroxyl groups is 1. The number of pyridine rings is 1. The first-order valence-electron chi connectivity index (χ1n) is 4.83. The second-order valence-corrected chi connectivity index (χ2v) is 3.83. The molecule has 0 unspecified atom stereocenters. The lowest BCUT2D eigenvalue weighted by molar-refractivity contribution is 0.282. The van der Waals surface area contributed by atoms with Gasteiger partial charge in [-0.15, -0.1) is 0 Å². The summed E-state index contributed by atoms with van der Waals surface area (Å²) < 4.78 is 0. The van der Waals surface area contributed by atoms with Crippen LogP contribution in [0.25, 0.3) is 0 Å². The SMILES string of the molecule is Nc1ncc([C@H](N)C2CC2)cc1CO. The van der Waals surface area contributed by atoms with Gasteiger partial charge in [0.1, 0.15) is 5.82 Å². The molecule has 1 heterocycles. The van der Waals surface area contributed by atoms with Gasteiger partial charge in [-0.05, 0) is 30.4 Å². The molecule has 0 aliphatic heterocycles. The molecule has 1 fully saturated rings. The van der Waals surface area contributed by atoms with Crippen molar-refractivity contribution >= 4 is 5.82 Å². The third kappa shape index (κ3) is 1.71. The minimum Gasteiger partial charge on any atom is -0.392 e. The first kappa shape index (κ1) is 9.43. The zero-order chi connectivity index (χ0) is 10.1. The van der Waals surface area contributed by atoms with Crippen LogP contribution in [0.15, 0.2) is 12.3 Å². The molecule has 1 saturated carbocycles. The summed E-state index contributed by atoms with van der Waals surface area (Å²) in [6.45, 7) is -0.0793. The molecule has 0 radical (unpaired) electrons. The second kappa shape index (κ2) is 3.55. The molecule has 0 bridgehead atoms. The highest BCUT2D eigenvalue weighted by Crippen LogP contribution is 2.39. The normalized spacial score (nSPS) is 18.1. The van der Waals surface area contributed by atoms with Gasteiger partial charge in [0.05, 0.1) is 6.61 Å². The second-order valence-electron chi connectivity index (χ2n) is 3.83. The minimum atomic E-state index is -0.0793. The Morgan fingerprint density at radius 2 is 2.29 bits per heavy atom. The van der Waals surface area contributed by atoms with Crippen LogP contribution in [0.1, 0.15) is 30.0 Å². The van der Waals surface area contributed by atoms with E-state index < -0.39 is 0 Å². The summed E-state index contributed by atoms with van der Waals surface area (Å²) in [6, 6.07) is 1.90. The van der Waals surface area contributed by atoms with Gasteiger partial charge >= 0.3 is 0 Å². The first-order chi connectivity index (χ1) is 6.72. The predicted molar refractivity (Wildman–Crippen MR) is 54.2 cm³/mol. The van der Waals surface area contributed by atoms with E-state index in [2.05, 4.69) is 4.98 Å². The average Bonchev–Trinajstić information content (AvgIpc) is 3.01. The fourth-order valence-electron chi connectivity index (χ4n) is 1.58. The smallest absolute Gasteiger partial charge is 0.128 e. The monoisotopic (exact) mass is 193 g/mol. The average molecular weight is 193 g/mol. The Morgan fingerprint density at radius 1 is 1.57 bits per heavy atom. The van der Waals surface area contributed by atoms with Crippen LogP contribution in [0.3, 0.4) is 0 Å². The Kier molecular flexibility index (Phi) is 2.39. The lowest BCUT2D eigenvalue weighted by Crippen LogP contribution is -2.13. The van der Waals surface area contributed by atoms with Gasteiger partial charge in [-0.2, -0.15) is 0 Å². The lowest BCUT2D eigenvalue weighted by atomic mass is 10.0. The quantitative estimate of drug-likeness (QED) is 0.655. The Balaban J connectivity index is 2.25. The van der Waals surface area contributed by atoms with Crippen molar-refractivity contribution in [2.24, 2.45) is 11.7 Å². The van der Waals surface area contributed by atoms with E-state index >= 15 is 0 Å². The molecule has 0 saturated heterocycles. The van der Waals surface area contributed by atoms with Gasteiger partial charge in [0.15, 0.2) is 0 Å². The Hall–Kier alpha value is -1.13. The van der Waals surface area contributed by atoms with Gasteiger partial charge in [-0.1, -0.05) is 0 Å². The van der Waals surface area contributed by atoms with E-state index in [-0.39, 0.29) is 12.6 Å². The van der Waals surface area contributed by atoms with E-state index in [1.807, 2.05) is 6.07 Å². The number of nitrogens with zero attached hydrogens (tertiary/aromatic N) is 1. The zero-order valence-corrected chi connectivity index (χ0v) is 7.98. The Labute approximate surface area is 82.9 Å². The highest BCUT2D eigenvalue weighted by Gasteiger charge is 2.29. The number of nitrogen functional groups attached to an aromatic ring is 1. The molecule has 4 nitrogen and oxygen atoms in total. The third-order valence-electron chi connectivity index (χ3n) is 2.71. The highest BCUT2D eigenvalue weighted by molar-refractivity contribution is 5.41. The molecule has 2 rings (SSSR count). The van der Waals surface area contributed by atoms with E-state index in [4.69, 9.17) is 16.6 Å². The molecule has 0 spiro atoms. The number of nitrogens with two attached hydrogens (primary N) is 2. The number of anilines is 1. The molecule has 5 N–H and O–H groups in total. The molecule has 1 aromatic heterocycles. The fourth-order valence-corrected chi connectivity index (χ4v) is 1.58. The van der Waals surface area contributed by atoms with E-state index in [1.165, 1.54) is 12.8 Å². The molecule has 1 aliphatic rings. The zero-order valence-electron chi connectivity index (χ0n) is 7.98. The van der Waals surface area contributed by atoms with Crippen LogP contribution in [0.2, 0.25) is 0 Å². The number of hydrogen-bond donors (Lipinski definition) is 3. The maximum absolute atomic E-state index is 9.02. The molecule has 1 atom stereocenters. The summed E-state index contributed by atoms with van der Waals surface area (Å²) in [7, 11) is 0. The van der Waals surface area contributed by atoms with E-state index in [0.717, 1.165) is 5.56 Å². The van der Waals surface area contributed by atoms with Crippen LogP contribution >= 0.6 is 0 Å². The van der Waals surface area contributed by atoms with E-state index in [9.17, 15) is 0 Å². The summed E-state index contributed by atoms with van der Waals surface area (Å²) >= 11 is 0. The molecule has 1 aliphatic carbocycles. The summed E-state index contributed by atoms with van der Waals surface area (Å²) in [5.74, 6) is 0.978. The van der Waals surface area contributed by atoms with Gasteiger partial charge in [-0.3, -0.25) is 0 Å². The standard InChI is InChI=1S/C10H15N3O/c11-9(6-1-2-6)7-3-8(5-14)10(12)13-4-7/h3-4,6,9,14H,1-2,5,11H2,(H2,12,13)/t9-/m1/s1. The number of hydrogen-bond acceptors (Lipinski definition) is 4. The summed E-state index contributed by atoms with van der Waals surface area (Å²) in [6.07, 6.45) is 4.09. The van der Waals surface area contributed by atoms with Gasteiger partial charge < -0.3 is 16.6 Å². The van der Waals surface area contributed by atoms with Crippen molar-refractivity contribution < 1.29 is 5.11 Å².